The number of amides is 1. The summed E-state index contributed by atoms with van der Waals surface area (Å²) in [4.78, 5) is 12.1. The predicted octanol–water partition coefficient (Wildman–Crippen LogP) is 2.59. The van der Waals surface area contributed by atoms with Gasteiger partial charge in [-0.25, -0.2) is 0 Å². The first kappa shape index (κ1) is 13.2. The number of hydrogen-bond acceptors (Lipinski definition) is 4. The van der Waals surface area contributed by atoms with Gasteiger partial charge in [-0.2, -0.15) is 5.10 Å². The van der Waals surface area contributed by atoms with Gasteiger partial charge in [0.2, 0.25) is 12.7 Å². The van der Waals surface area contributed by atoms with Crippen molar-refractivity contribution in [3.05, 3.63) is 35.5 Å². The van der Waals surface area contributed by atoms with Gasteiger partial charge in [0.1, 0.15) is 0 Å². The highest BCUT2D eigenvalue weighted by Crippen LogP contribution is 2.36. The molecule has 2 N–H and O–H groups in total. The third-order valence-corrected chi connectivity index (χ3v) is 4.21. The fraction of sp³-hybridized carbons (Fsp3) is 0.375. The number of anilines is 1. The van der Waals surface area contributed by atoms with E-state index in [0.29, 0.717) is 17.5 Å². The second-order valence-electron chi connectivity index (χ2n) is 5.75. The molecule has 1 fully saturated rings. The highest BCUT2D eigenvalue weighted by molar-refractivity contribution is 5.91. The monoisotopic (exact) mass is 299 g/mol. The van der Waals surface area contributed by atoms with Gasteiger partial charge in [0.05, 0.1) is 6.42 Å². The highest BCUT2D eigenvalue weighted by atomic mass is 16.7. The molecule has 6 heteroatoms. The molecule has 1 aromatic heterocycles. The molecule has 6 nitrogen and oxygen atoms in total. The molecule has 2 aromatic rings. The number of rotatable bonds is 4. The van der Waals surface area contributed by atoms with Gasteiger partial charge in [0.25, 0.3) is 0 Å². The van der Waals surface area contributed by atoms with Crippen molar-refractivity contribution in [2.45, 2.75) is 31.6 Å². The van der Waals surface area contributed by atoms with Crippen LogP contribution in [0.5, 0.6) is 11.5 Å². The number of benzene rings is 1. The maximum atomic E-state index is 12.1. The summed E-state index contributed by atoms with van der Waals surface area (Å²) in [5, 5.41) is 9.99. The van der Waals surface area contributed by atoms with E-state index in [1.165, 1.54) is 19.3 Å². The predicted molar refractivity (Wildman–Crippen MR) is 80.1 cm³/mol. The molecule has 1 aliphatic heterocycles. The van der Waals surface area contributed by atoms with Crippen molar-refractivity contribution in [2.24, 2.45) is 0 Å². The van der Waals surface area contributed by atoms with Crippen LogP contribution in [0.4, 0.5) is 5.82 Å². The lowest BCUT2D eigenvalue weighted by Gasteiger charge is -2.23. The van der Waals surface area contributed by atoms with Gasteiger partial charge < -0.3 is 14.8 Å². The Bertz CT molecular complexity index is 706. The molecule has 0 radical (unpaired) electrons. The van der Waals surface area contributed by atoms with E-state index in [1.807, 2.05) is 24.3 Å². The minimum absolute atomic E-state index is 0.0921. The number of nitrogens with one attached hydrogen (secondary N) is 2. The zero-order valence-electron chi connectivity index (χ0n) is 12.1. The molecule has 2 heterocycles. The van der Waals surface area contributed by atoms with Crippen LogP contribution in [0, 0.1) is 0 Å². The lowest BCUT2D eigenvalue weighted by molar-refractivity contribution is -0.115. The van der Waals surface area contributed by atoms with Gasteiger partial charge >= 0.3 is 0 Å². The maximum Gasteiger partial charge on any atom is 0.231 e. The largest absolute Gasteiger partial charge is 0.454 e. The molecule has 0 spiro atoms. The van der Waals surface area contributed by atoms with Crippen molar-refractivity contribution in [3.63, 3.8) is 0 Å². The van der Waals surface area contributed by atoms with Gasteiger partial charge in [-0.3, -0.25) is 9.89 Å². The summed E-state index contributed by atoms with van der Waals surface area (Å²) in [6.07, 6.45) is 3.96. The molecule has 0 saturated heterocycles. The zero-order valence-corrected chi connectivity index (χ0v) is 12.1. The summed E-state index contributed by atoms with van der Waals surface area (Å²) < 4.78 is 10.6. The van der Waals surface area contributed by atoms with Gasteiger partial charge in [0.15, 0.2) is 17.3 Å². The molecule has 1 aliphatic carbocycles. The van der Waals surface area contributed by atoms with Gasteiger partial charge in [0, 0.05) is 17.7 Å². The molecule has 4 rings (SSSR count). The minimum atomic E-state index is -0.0921. The topological polar surface area (TPSA) is 76.2 Å². The molecule has 1 saturated carbocycles. The molecule has 0 bridgehead atoms. The smallest absolute Gasteiger partial charge is 0.231 e. The zero-order chi connectivity index (χ0) is 14.9. The summed E-state index contributed by atoms with van der Waals surface area (Å²) in [5.74, 6) is 2.49. The van der Waals surface area contributed by atoms with Crippen LogP contribution in [-0.2, 0) is 11.2 Å². The summed E-state index contributed by atoms with van der Waals surface area (Å²) >= 11 is 0. The molecular formula is C16H17N3O3. The lowest BCUT2D eigenvalue weighted by atomic mass is 9.83. The van der Waals surface area contributed by atoms with Crippen molar-refractivity contribution in [3.8, 4) is 11.5 Å². The quantitative estimate of drug-likeness (QED) is 0.909. The molecule has 2 aliphatic rings. The van der Waals surface area contributed by atoms with Crippen LogP contribution >= 0.6 is 0 Å². The van der Waals surface area contributed by atoms with Crippen molar-refractivity contribution in [1.29, 1.82) is 0 Å². The fourth-order valence-electron chi connectivity index (χ4n) is 2.75. The Morgan fingerprint density at radius 2 is 2.14 bits per heavy atom. The van der Waals surface area contributed by atoms with Crippen LogP contribution in [0.2, 0.25) is 0 Å². The van der Waals surface area contributed by atoms with E-state index in [4.69, 9.17) is 9.47 Å². The standard InChI is InChI=1S/C16H17N3O3/c20-16(7-10-4-5-13-14(6-10)22-9-21-13)17-15-8-12(18-19-15)11-2-1-3-11/h4-6,8,11H,1-3,7,9H2,(H2,17,18,19,20). The molecular weight excluding hydrogens is 282 g/mol. The number of carbonyl (C=O) groups excluding carboxylic acids is 1. The van der Waals surface area contributed by atoms with Crippen molar-refractivity contribution in [2.75, 3.05) is 12.1 Å². The number of carbonyl (C=O) groups is 1. The van der Waals surface area contributed by atoms with E-state index in [9.17, 15) is 4.79 Å². The number of hydrogen-bond donors (Lipinski definition) is 2. The van der Waals surface area contributed by atoms with Crippen molar-refractivity contribution in [1.82, 2.24) is 10.2 Å². The number of aromatic nitrogens is 2. The van der Waals surface area contributed by atoms with E-state index in [1.54, 1.807) is 0 Å². The summed E-state index contributed by atoms with van der Waals surface area (Å²) in [7, 11) is 0. The van der Waals surface area contributed by atoms with Crippen LogP contribution < -0.4 is 14.8 Å². The molecule has 1 amide bonds. The Labute approximate surface area is 127 Å². The number of fused-ring (bicyclic) bond motifs is 1. The van der Waals surface area contributed by atoms with Crippen molar-refractivity contribution >= 4 is 11.7 Å². The molecule has 0 unspecified atom stereocenters. The third kappa shape index (κ3) is 2.52. The minimum Gasteiger partial charge on any atom is -0.454 e. The first-order valence-corrected chi connectivity index (χ1v) is 7.51. The first-order valence-electron chi connectivity index (χ1n) is 7.51. The first-order chi connectivity index (χ1) is 10.8. The van der Waals surface area contributed by atoms with E-state index in [0.717, 1.165) is 17.0 Å². The van der Waals surface area contributed by atoms with E-state index < -0.39 is 0 Å². The van der Waals surface area contributed by atoms with Crippen LogP contribution in [0.1, 0.15) is 36.4 Å². The molecule has 1 aromatic carbocycles. The number of nitrogens with zero attached hydrogens (tertiary/aromatic N) is 1. The normalized spacial score (nSPS) is 16.4. The van der Waals surface area contributed by atoms with E-state index in [-0.39, 0.29) is 19.1 Å². The van der Waals surface area contributed by atoms with Gasteiger partial charge in [-0.15, -0.1) is 0 Å². The Morgan fingerprint density at radius 1 is 1.27 bits per heavy atom. The summed E-state index contributed by atoms with van der Waals surface area (Å²) in [5.41, 5.74) is 2.00. The van der Waals surface area contributed by atoms with E-state index >= 15 is 0 Å². The van der Waals surface area contributed by atoms with Crippen LogP contribution in [0.3, 0.4) is 0 Å². The Kier molecular flexibility index (Phi) is 3.21. The Hall–Kier alpha value is -2.50. The third-order valence-electron chi connectivity index (χ3n) is 4.21. The fourth-order valence-corrected chi connectivity index (χ4v) is 2.75. The van der Waals surface area contributed by atoms with E-state index in [2.05, 4.69) is 15.5 Å². The molecule has 114 valence electrons. The maximum absolute atomic E-state index is 12.1. The molecule has 22 heavy (non-hydrogen) atoms. The van der Waals surface area contributed by atoms with Crippen LogP contribution in [0.15, 0.2) is 24.3 Å². The Balaban J connectivity index is 1.38. The second kappa shape index (κ2) is 5.36. The molecule has 0 atom stereocenters. The van der Waals surface area contributed by atoms with Crippen LogP contribution in [-0.4, -0.2) is 22.9 Å². The SMILES string of the molecule is O=C(Cc1ccc2c(c1)OCO2)Nc1cc(C2CCC2)[nH]n1. The second-order valence-corrected chi connectivity index (χ2v) is 5.75. The number of ether oxygens (including phenoxy) is 2. The van der Waals surface area contributed by atoms with Crippen molar-refractivity contribution < 1.29 is 14.3 Å². The van der Waals surface area contributed by atoms with Gasteiger partial charge in [-0.05, 0) is 30.5 Å². The average molecular weight is 299 g/mol. The van der Waals surface area contributed by atoms with Crippen LogP contribution in [0.25, 0.3) is 0 Å². The van der Waals surface area contributed by atoms with Gasteiger partial charge in [-0.1, -0.05) is 12.5 Å². The number of aromatic amines is 1. The summed E-state index contributed by atoms with van der Waals surface area (Å²) in [6.45, 7) is 0.238. The Morgan fingerprint density at radius 3 is 2.95 bits per heavy atom. The average Bonchev–Trinajstić information content (AvgIpc) is 3.05. The highest BCUT2D eigenvalue weighted by Gasteiger charge is 2.22. The lowest BCUT2D eigenvalue weighted by Crippen LogP contribution is -2.14. The number of H-pyrrole nitrogens is 1. The summed E-state index contributed by atoms with van der Waals surface area (Å²) in [6, 6.07) is 7.47.